The first-order chi connectivity index (χ1) is 20.3. The van der Waals surface area contributed by atoms with Gasteiger partial charge in [-0.05, 0) is 57.1 Å². The standard InChI is InChI=1S/C29H30ClF2N5O3.C2H6/c1-3-24(38)35-11-12-36(17(2)15-35)28-21-14-22(30)25(20-6-5-18(31)13-23(20)32)27-26(21)37(29(39)33-28)19(16-40-27)7-10-34-8-4-9-34;1-2/h3,5-6,13-14,17,19H,1,4,7-12,15-16H2,2H3;1-2H3. The van der Waals surface area contributed by atoms with Crippen molar-refractivity contribution in [3.05, 3.63) is 64.1 Å². The van der Waals surface area contributed by atoms with Crippen LogP contribution in [0.5, 0.6) is 5.75 Å². The van der Waals surface area contributed by atoms with Crippen molar-refractivity contribution >= 4 is 34.2 Å². The number of benzene rings is 2. The number of piperazine rings is 1. The molecule has 0 N–H and O–H groups in total. The zero-order valence-electron chi connectivity index (χ0n) is 24.2. The molecule has 2 aromatic carbocycles. The number of amides is 1. The fraction of sp³-hybridized carbons (Fsp3) is 0.452. The summed E-state index contributed by atoms with van der Waals surface area (Å²) in [4.78, 5) is 36.6. The number of likely N-dealkylation sites (tertiary alicyclic amines) is 1. The predicted molar refractivity (Wildman–Crippen MR) is 162 cm³/mol. The highest BCUT2D eigenvalue weighted by molar-refractivity contribution is 6.35. The number of anilines is 1. The molecule has 42 heavy (non-hydrogen) atoms. The second-order valence-electron chi connectivity index (χ2n) is 10.7. The molecular formula is C31H36ClF2N5O3. The first-order valence-electron chi connectivity index (χ1n) is 14.5. The van der Waals surface area contributed by atoms with Crippen molar-refractivity contribution in [1.29, 1.82) is 0 Å². The van der Waals surface area contributed by atoms with Gasteiger partial charge in [0.25, 0.3) is 0 Å². The molecule has 2 unspecified atom stereocenters. The third kappa shape index (κ3) is 5.38. The molecule has 1 amide bonds. The monoisotopic (exact) mass is 599 g/mol. The Morgan fingerprint density at radius 1 is 1.19 bits per heavy atom. The normalized spacial score (nSPS) is 20.0. The SMILES string of the molecule is C=CC(=O)N1CCN(c2nc(=O)n3c4c(c(-c5ccc(F)cc5F)c(Cl)cc24)OCC3CCN2CCC2)C(C)C1.CC. The van der Waals surface area contributed by atoms with Crippen molar-refractivity contribution in [2.24, 2.45) is 0 Å². The van der Waals surface area contributed by atoms with Crippen molar-refractivity contribution in [2.45, 2.75) is 45.7 Å². The van der Waals surface area contributed by atoms with Gasteiger partial charge in [-0.15, -0.1) is 0 Å². The minimum atomic E-state index is -0.777. The summed E-state index contributed by atoms with van der Waals surface area (Å²) in [5.41, 5.74) is 0.428. The number of nitrogens with zero attached hydrogens (tertiary/aromatic N) is 5. The van der Waals surface area contributed by atoms with Crippen LogP contribution in [-0.2, 0) is 4.79 Å². The van der Waals surface area contributed by atoms with Crippen LogP contribution in [0, 0.1) is 11.6 Å². The molecule has 2 atom stereocenters. The maximum Gasteiger partial charge on any atom is 0.350 e. The molecular weight excluding hydrogens is 564 g/mol. The molecule has 6 rings (SSSR count). The minimum Gasteiger partial charge on any atom is -0.488 e. The summed E-state index contributed by atoms with van der Waals surface area (Å²) >= 11 is 6.80. The second-order valence-corrected chi connectivity index (χ2v) is 11.1. The number of halogens is 3. The van der Waals surface area contributed by atoms with E-state index in [9.17, 15) is 14.0 Å². The average Bonchev–Trinajstić information content (AvgIpc) is 2.95. The third-order valence-corrected chi connectivity index (χ3v) is 8.49. The molecule has 3 aliphatic heterocycles. The summed E-state index contributed by atoms with van der Waals surface area (Å²) in [5, 5.41) is 0.809. The van der Waals surface area contributed by atoms with Crippen LogP contribution in [0.3, 0.4) is 0 Å². The Labute approximate surface area is 249 Å². The van der Waals surface area contributed by atoms with Crippen molar-refractivity contribution in [3.8, 4) is 16.9 Å². The number of rotatable bonds is 6. The molecule has 4 heterocycles. The Bertz CT molecular complexity index is 1570. The van der Waals surface area contributed by atoms with Crippen LogP contribution >= 0.6 is 11.6 Å². The molecule has 0 aliphatic carbocycles. The molecule has 8 nitrogen and oxygen atoms in total. The lowest BCUT2D eigenvalue weighted by Gasteiger charge is -2.41. The molecule has 224 valence electrons. The average molecular weight is 600 g/mol. The van der Waals surface area contributed by atoms with Crippen molar-refractivity contribution in [3.63, 3.8) is 0 Å². The second kappa shape index (κ2) is 12.4. The number of aromatic nitrogens is 2. The Kier molecular flexibility index (Phi) is 8.84. The lowest BCUT2D eigenvalue weighted by molar-refractivity contribution is -0.126. The van der Waals surface area contributed by atoms with Gasteiger partial charge in [-0.1, -0.05) is 32.0 Å². The molecule has 0 saturated carbocycles. The minimum absolute atomic E-state index is 0.0876. The smallest absolute Gasteiger partial charge is 0.350 e. The zero-order chi connectivity index (χ0) is 30.1. The Morgan fingerprint density at radius 2 is 1.95 bits per heavy atom. The maximum absolute atomic E-state index is 15.0. The summed E-state index contributed by atoms with van der Waals surface area (Å²) in [5.74, 6) is -0.909. The van der Waals surface area contributed by atoms with Crippen LogP contribution in [0.2, 0.25) is 5.02 Å². The van der Waals surface area contributed by atoms with Crippen molar-refractivity contribution in [1.82, 2.24) is 19.4 Å². The number of hydrogen-bond donors (Lipinski definition) is 0. The maximum atomic E-state index is 15.0. The third-order valence-electron chi connectivity index (χ3n) is 8.20. The van der Waals surface area contributed by atoms with Crippen LogP contribution in [-0.4, -0.2) is 77.2 Å². The van der Waals surface area contributed by atoms with Crippen LogP contribution in [0.15, 0.2) is 41.7 Å². The van der Waals surface area contributed by atoms with E-state index in [1.165, 1.54) is 24.6 Å². The van der Waals surface area contributed by atoms with Gasteiger partial charge < -0.3 is 19.4 Å². The quantitative estimate of drug-likeness (QED) is 0.360. The van der Waals surface area contributed by atoms with E-state index in [2.05, 4.69) is 16.5 Å². The first kappa shape index (κ1) is 30.0. The van der Waals surface area contributed by atoms with E-state index >= 15 is 4.39 Å². The van der Waals surface area contributed by atoms with Gasteiger partial charge in [0.2, 0.25) is 5.91 Å². The lowest BCUT2D eigenvalue weighted by atomic mass is 9.99. The Hall–Kier alpha value is -3.50. The van der Waals surface area contributed by atoms with Gasteiger partial charge in [-0.3, -0.25) is 9.36 Å². The fourth-order valence-electron chi connectivity index (χ4n) is 5.97. The Morgan fingerprint density at radius 3 is 2.60 bits per heavy atom. The fourth-order valence-corrected chi connectivity index (χ4v) is 6.27. The van der Waals surface area contributed by atoms with Gasteiger partial charge >= 0.3 is 5.69 Å². The summed E-state index contributed by atoms with van der Waals surface area (Å²) in [7, 11) is 0. The molecule has 0 spiro atoms. The van der Waals surface area contributed by atoms with E-state index in [0.29, 0.717) is 42.8 Å². The van der Waals surface area contributed by atoms with E-state index in [1.807, 2.05) is 25.7 Å². The van der Waals surface area contributed by atoms with Gasteiger partial charge in [-0.2, -0.15) is 4.98 Å². The number of carbonyl (C=O) groups is 1. The molecule has 3 aliphatic rings. The van der Waals surface area contributed by atoms with E-state index in [1.54, 1.807) is 15.5 Å². The zero-order valence-corrected chi connectivity index (χ0v) is 25.0. The van der Waals surface area contributed by atoms with Gasteiger partial charge in [0.1, 0.15) is 24.1 Å². The Balaban J connectivity index is 0.00000173. The van der Waals surface area contributed by atoms with Crippen LogP contribution in [0.25, 0.3) is 22.0 Å². The van der Waals surface area contributed by atoms with E-state index < -0.39 is 17.3 Å². The van der Waals surface area contributed by atoms with Gasteiger partial charge in [-0.25, -0.2) is 13.6 Å². The molecule has 3 aromatic rings. The predicted octanol–water partition coefficient (Wildman–Crippen LogP) is 5.27. The largest absolute Gasteiger partial charge is 0.488 e. The molecule has 0 bridgehead atoms. The van der Waals surface area contributed by atoms with Crippen LogP contribution in [0.4, 0.5) is 14.6 Å². The van der Waals surface area contributed by atoms with Crippen molar-refractivity contribution in [2.75, 3.05) is 50.8 Å². The number of carbonyl (C=O) groups excluding carboxylic acids is 1. The molecule has 11 heteroatoms. The highest BCUT2D eigenvalue weighted by atomic mass is 35.5. The number of hydrogen-bond acceptors (Lipinski definition) is 6. The van der Waals surface area contributed by atoms with Crippen LogP contribution in [0.1, 0.15) is 39.7 Å². The van der Waals surface area contributed by atoms with E-state index in [0.717, 1.165) is 25.7 Å². The summed E-state index contributed by atoms with van der Waals surface area (Å²) < 4.78 is 36.7. The summed E-state index contributed by atoms with van der Waals surface area (Å²) in [6.07, 6.45) is 3.15. The molecule has 2 fully saturated rings. The van der Waals surface area contributed by atoms with Crippen LogP contribution < -0.4 is 15.3 Å². The van der Waals surface area contributed by atoms with E-state index in [4.69, 9.17) is 16.3 Å². The first-order valence-corrected chi connectivity index (χ1v) is 14.9. The molecule has 0 radical (unpaired) electrons. The van der Waals surface area contributed by atoms with Crippen molar-refractivity contribution < 1.29 is 18.3 Å². The highest BCUT2D eigenvalue weighted by Gasteiger charge is 2.34. The lowest BCUT2D eigenvalue weighted by Crippen LogP contribution is -2.54. The highest BCUT2D eigenvalue weighted by Crippen LogP contribution is 2.47. The summed E-state index contributed by atoms with van der Waals surface area (Å²) in [6, 6.07) is 4.57. The number of ether oxygens (including phenoxy) is 1. The van der Waals surface area contributed by atoms with Gasteiger partial charge in [0.15, 0.2) is 5.75 Å². The molecule has 2 saturated heterocycles. The van der Waals surface area contributed by atoms with E-state index in [-0.39, 0.29) is 46.5 Å². The summed E-state index contributed by atoms with van der Waals surface area (Å²) in [6.45, 7) is 14.0. The van der Waals surface area contributed by atoms with Gasteiger partial charge in [0, 0.05) is 54.8 Å². The topological polar surface area (TPSA) is 70.9 Å². The van der Waals surface area contributed by atoms with Gasteiger partial charge in [0.05, 0.1) is 16.6 Å². The molecule has 1 aromatic heterocycles.